The number of fused-ring (bicyclic) bond motifs is 5. The van der Waals surface area contributed by atoms with E-state index in [9.17, 15) is 5.11 Å². The molecule has 0 aromatic heterocycles. The molecule has 0 spiro atoms. The van der Waals surface area contributed by atoms with Gasteiger partial charge in [-0.05, 0) is 42.9 Å². The highest BCUT2D eigenvalue weighted by Crippen LogP contribution is 2.56. The number of rotatable bonds is 0. The molecule has 1 heteroatoms. The van der Waals surface area contributed by atoms with Crippen LogP contribution in [0.25, 0.3) is 0 Å². The first-order valence-corrected chi connectivity index (χ1v) is 4.71. The average Bonchev–Trinajstić information content (AvgIpc) is 2.52. The summed E-state index contributed by atoms with van der Waals surface area (Å²) >= 11 is 0. The van der Waals surface area contributed by atoms with E-state index in [0.717, 1.165) is 24.2 Å². The van der Waals surface area contributed by atoms with Crippen LogP contribution in [0.3, 0.4) is 0 Å². The lowest BCUT2D eigenvalue weighted by Crippen LogP contribution is -2.27. The molecule has 0 amide bonds. The maximum absolute atomic E-state index is 9.64. The summed E-state index contributed by atoms with van der Waals surface area (Å²) in [6, 6.07) is 0. The van der Waals surface area contributed by atoms with Crippen molar-refractivity contribution in [2.24, 2.45) is 23.7 Å². The van der Waals surface area contributed by atoms with Crippen molar-refractivity contribution >= 4 is 0 Å². The Morgan fingerprint density at radius 2 is 2.09 bits per heavy atom. The third-order valence-corrected chi connectivity index (χ3v) is 3.97. The molecule has 2 bridgehead atoms. The number of hydrogen-bond donors (Lipinski definition) is 1. The summed E-state index contributed by atoms with van der Waals surface area (Å²) in [7, 11) is 0. The molecular weight excluding hydrogens is 136 g/mol. The molecular formula is C10H14O. The van der Waals surface area contributed by atoms with Gasteiger partial charge in [0.05, 0.1) is 6.10 Å². The summed E-state index contributed by atoms with van der Waals surface area (Å²) in [5, 5.41) is 9.64. The molecule has 0 saturated heterocycles. The monoisotopic (exact) mass is 150 g/mol. The molecule has 0 aromatic carbocycles. The van der Waals surface area contributed by atoms with Gasteiger partial charge in [-0.1, -0.05) is 12.2 Å². The number of aliphatic hydroxyl groups excluding tert-OH is 1. The smallest absolute Gasteiger partial charge is 0.0574 e. The zero-order valence-electron chi connectivity index (χ0n) is 6.61. The highest BCUT2D eigenvalue weighted by Gasteiger charge is 2.51. The Bertz CT molecular complexity index is 209. The minimum absolute atomic E-state index is 0.0427. The van der Waals surface area contributed by atoms with Gasteiger partial charge < -0.3 is 5.11 Å². The lowest BCUT2D eigenvalue weighted by Gasteiger charge is -2.27. The van der Waals surface area contributed by atoms with Gasteiger partial charge in [-0.15, -0.1) is 0 Å². The maximum atomic E-state index is 9.64. The molecule has 3 rings (SSSR count). The summed E-state index contributed by atoms with van der Waals surface area (Å²) in [6.07, 6.45) is 8.37. The molecule has 0 aromatic rings. The van der Waals surface area contributed by atoms with Gasteiger partial charge in [0.1, 0.15) is 0 Å². The molecule has 60 valence electrons. The minimum Gasteiger partial charge on any atom is -0.393 e. The Morgan fingerprint density at radius 3 is 3.00 bits per heavy atom. The van der Waals surface area contributed by atoms with Crippen LogP contribution in [-0.2, 0) is 0 Å². The maximum Gasteiger partial charge on any atom is 0.0574 e. The molecule has 3 aliphatic carbocycles. The Morgan fingerprint density at radius 1 is 1.18 bits per heavy atom. The quantitative estimate of drug-likeness (QED) is 0.520. The number of allylic oxidation sites excluding steroid dienone is 2. The van der Waals surface area contributed by atoms with Gasteiger partial charge >= 0.3 is 0 Å². The van der Waals surface area contributed by atoms with Crippen LogP contribution in [0.1, 0.15) is 19.3 Å². The van der Waals surface area contributed by atoms with Crippen molar-refractivity contribution in [2.45, 2.75) is 25.4 Å². The van der Waals surface area contributed by atoms with Gasteiger partial charge in [0.2, 0.25) is 0 Å². The standard InChI is InChI=1S/C10H14O/c11-10-5-6-4-9(10)8-3-1-2-7(6)8/h1-2,6-11H,3-5H2/t6?,7-,8-,9?,10-/m0/s1. The van der Waals surface area contributed by atoms with Gasteiger partial charge in [0.25, 0.3) is 0 Å². The van der Waals surface area contributed by atoms with E-state index in [1.807, 2.05) is 0 Å². The molecule has 3 aliphatic rings. The van der Waals surface area contributed by atoms with Crippen molar-refractivity contribution in [1.29, 1.82) is 0 Å². The fraction of sp³-hybridized carbons (Fsp3) is 0.800. The topological polar surface area (TPSA) is 20.2 Å². The molecule has 5 atom stereocenters. The minimum atomic E-state index is 0.0427. The Labute approximate surface area is 67.1 Å². The van der Waals surface area contributed by atoms with Crippen LogP contribution in [0.15, 0.2) is 12.2 Å². The second-order valence-corrected chi connectivity index (χ2v) is 4.37. The Balaban J connectivity index is 1.94. The molecule has 0 radical (unpaired) electrons. The van der Waals surface area contributed by atoms with Crippen molar-refractivity contribution in [3.63, 3.8) is 0 Å². The molecule has 2 saturated carbocycles. The SMILES string of the molecule is O[C@H]1CC2CC1[C@H]1CC=C[C@@H]21. The first-order valence-electron chi connectivity index (χ1n) is 4.71. The van der Waals surface area contributed by atoms with Crippen molar-refractivity contribution in [3.05, 3.63) is 12.2 Å². The molecule has 0 heterocycles. The second kappa shape index (κ2) is 1.89. The summed E-state index contributed by atoms with van der Waals surface area (Å²) in [6.45, 7) is 0. The van der Waals surface area contributed by atoms with Crippen LogP contribution < -0.4 is 0 Å². The predicted octanol–water partition coefficient (Wildman–Crippen LogP) is 1.58. The van der Waals surface area contributed by atoms with Gasteiger partial charge in [-0.2, -0.15) is 0 Å². The largest absolute Gasteiger partial charge is 0.393 e. The van der Waals surface area contributed by atoms with Crippen molar-refractivity contribution in [3.8, 4) is 0 Å². The van der Waals surface area contributed by atoms with E-state index in [4.69, 9.17) is 0 Å². The molecule has 11 heavy (non-hydrogen) atoms. The fourth-order valence-corrected chi connectivity index (χ4v) is 3.52. The number of aliphatic hydroxyl groups is 1. The van der Waals surface area contributed by atoms with E-state index in [-0.39, 0.29) is 6.10 Å². The van der Waals surface area contributed by atoms with E-state index in [1.165, 1.54) is 12.8 Å². The van der Waals surface area contributed by atoms with Crippen molar-refractivity contribution in [2.75, 3.05) is 0 Å². The predicted molar refractivity (Wildman–Crippen MR) is 43.0 cm³/mol. The lowest BCUT2D eigenvalue weighted by molar-refractivity contribution is 0.0697. The molecule has 2 unspecified atom stereocenters. The molecule has 2 fully saturated rings. The first-order chi connectivity index (χ1) is 5.36. The van der Waals surface area contributed by atoms with Crippen LogP contribution >= 0.6 is 0 Å². The highest BCUT2D eigenvalue weighted by atomic mass is 16.3. The zero-order valence-corrected chi connectivity index (χ0v) is 6.61. The lowest BCUT2D eigenvalue weighted by atomic mass is 9.80. The summed E-state index contributed by atoms with van der Waals surface area (Å²) in [5.41, 5.74) is 0. The van der Waals surface area contributed by atoms with E-state index < -0.39 is 0 Å². The van der Waals surface area contributed by atoms with Gasteiger partial charge in [-0.25, -0.2) is 0 Å². The van der Waals surface area contributed by atoms with Gasteiger partial charge in [-0.3, -0.25) is 0 Å². The van der Waals surface area contributed by atoms with Crippen LogP contribution in [0.5, 0.6) is 0 Å². The molecule has 0 aliphatic heterocycles. The summed E-state index contributed by atoms with van der Waals surface area (Å²) in [5.74, 6) is 3.16. The molecule has 1 N–H and O–H groups in total. The Kier molecular flexibility index (Phi) is 1.07. The van der Waals surface area contributed by atoms with Crippen LogP contribution in [-0.4, -0.2) is 11.2 Å². The van der Waals surface area contributed by atoms with Crippen LogP contribution in [0.2, 0.25) is 0 Å². The second-order valence-electron chi connectivity index (χ2n) is 4.37. The van der Waals surface area contributed by atoms with Crippen molar-refractivity contribution < 1.29 is 5.11 Å². The van der Waals surface area contributed by atoms with Crippen LogP contribution in [0, 0.1) is 23.7 Å². The summed E-state index contributed by atoms with van der Waals surface area (Å²) < 4.78 is 0. The van der Waals surface area contributed by atoms with E-state index in [2.05, 4.69) is 12.2 Å². The first kappa shape index (κ1) is 6.24. The highest BCUT2D eigenvalue weighted by molar-refractivity contribution is 5.14. The summed E-state index contributed by atoms with van der Waals surface area (Å²) in [4.78, 5) is 0. The fourth-order valence-electron chi connectivity index (χ4n) is 3.52. The van der Waals surface area contributed by atoms with E-state index >= 15 is 0 Å². The zero-order chi connectivity index (χ0) is 7.42. The third-order valence-electron chi connectivity index (χ3n) is 3.97. The third kappa shape index (κ3) is 0.652. The normalized spacial score (nSPS) is 58.8. The molecule has 1 nitrogen and oxygen atoms in total. The van der Waals surface area contributed by atoms with Crippen molar-refractivity contribution in [1.82, 2.24) is 0 Å². The van der Waals surface area contributed by atoms with Gasteiger partial charge in [0, 0.05) is 0 Å². The van der Waals surface area contributed by atoms with Gasteiger partial charge in [0.15, 0.2) is 0 Å². The van der Waals surface area contributed by atoms with E-state index in [1.54, 1.807) is 0 Å². The average molecular weight is 150 g/mol. The van der Waals surface area contributed by atoms with E-state index in [0.29, 0.717) is 5.92 Å². The number of hydrogen-bond acceptors (Lipinski definition) is 1. The Hall–Kier alpha value is -0.300. The van der Waals surface area contributed by atoms with Crippen LogP contribution in [0.4, 0.5) is 0 Å².